The van der Waals surface area contributed by atoms with Crippen LogP contribution in [-0.2, 0) is 7.05 Å². The Labute approximate surface area is 181 Å². The van der Waals surface area contributed by atoms with Gasteiger partial charge in [-0.1, -0.05) is 25.2 Å². The van der Waals surface area contributed by atoms with Gasteiger partial charge in [0, 0.05) is 31.9 Å². The van der Waals surface area contributed by atoms with Crippen LogP contribution in [0.25, 0.3) is 10.2 Å². The first-order chi connectivity index (χ1) is 13.5. The van der Waals surface area contributed by atoms with Crippen molar-refractivity contribution in [1.82, 2.24) is 19.7 Å². The van der Waals surface area contributed by atoms with Crippen LogP contribution in [0.2, 0.25) is 0 Å². The molecule has 0 bridgehead atoms. The zero-order chi connectivity index (χ0) is 20.3. The van der Waals surface area contributed by atoms with Crippen LogP contribution in [0, 0.1) is 6.92 Å². The van der Waals surface area contributed by atoms with Gasteiger partial charge in [-0.15, -0.1) is 12.4 Å². The molecule has 0 radical (unpaired) electrons. The molecule has 0 atom stereocenters. The van der Waals surface area contributed by atoms with Crippen LogP contribution in [0.15, 0.2) is 24.4 Å². The molecule has 1 amide bonds. The van der Waals surface area contributed by atoms with Gasteiger partial charge >= 0.3 is 0 Å². The van der Waals surface area contributed by atoms with E-state index in [-0.39, 0.29) is 18.3 Å². The Morgan fingerprint density at radius 3 is 2.55 bits per heavy atom. The molecule has 0 aliphatic rings. The summed E-state index contributed by atoms with van der Waals surface area (Å²) in [5.41, 5.74) is 2.20. The fourth-order valence-electron chi connectivity index (χ4n) is 3.15. The highest BCUT2D eigenvalue weighted by Gasteiger charge is 2.25. The Morgan fingerprint density at radius 1 is 1.24 bits per heavy atom. The predicted octanol–water partition coefficient (Wildman–Crippen LogP) is 3.76. The Balaban J connectivity index is 0.00000300. The molecule has 2 heterocycles. The van der Waals surface area contributed by atoms with Crippen molar-refractivity contribution in [2.45, 2.75) is 20.8 Å². The maximum Gasteiger partial charge on any atom is 0.280 e. The number of hydrogen-bond acceptors (Lipinski definition) is 6. The number of thiazole rings is 1. The van der Waals surface area contributed by atoms with Gasteiger partial charge in [-0.25, -0.2) is 4.98 Å². The van der Waals surface area contributed by atoms with Gasteiger partial charge in [0.25, 0.3) is 5.91 Å². The molecular formula is C20H28ClN5O2S. The average Bonchev–Trinajstić information content (AvgIpc) is 3.26. The lowest BCUT2D eigenvalue weighted by Crippen LogP contribution is -2.39. The van der Waals surface area contributed by atoms with Crippen LogP contribution >= 0.6 is 23.7 Å². The van der Waals surface area contributed by atoms with Gasteiger partial charge in [0.15, 0.2) is 10.8 Å². The second-order valence-electron chi connectivity index (χ2n) is 6.65. The minimum atomic E-state index is -0.115. The Hall–Kier alpha value is -2.16. The second-order valence-corrected chi connectivity index (χ2v) is 7.66. The van der Waals surface area contributed by atoms with Crippen molar-refractivity contribution in [1.29, 1.82) is 0 Å². The molecule has 158 valence electrons. The summed E-state index contributed by atoms with van der Waals surface area (Å²) in [4.78, 5) is 22.1. The molecule has 29 heavy (non-hydrogen) atoms. The zero-order valence-corrected chi connectivity index (χ0v) is 19.1. The summed E-state index contributed by atoms with van der Waals surface area (Å²) in [7, 11) is 3.47. The lowest BCUT2D eigenvalue weighted by molar-refractivity contribution is 0.0977. The third-order valence-corrected chi connectivity index (χ3v) is 5.85. The Morgan fingerprint density at radius 2 is 1.97 bits per heavy atom. The monoisotopic (exact) mass is 437 g/mol. The number of aromatic nitrogens is 3. The number of nitrogens with zero attached hydrogens (tertiary/aromatic N) is 5. The molecule has 9 heteroatoms. The van der Waals surface area contributed by atoms with E-state index < -0.39 is 0 Å². The summed E-state index contributed by atoms with van der Waals surface area (Å²) < 4.78 is 7.98. The first-order valence-electron chi connectivity index (χ1n) is 9.45. The van der Waals surface area contributed by atoms with E-state index >= 15 is 0 Å². The van der Waals surface area contributed by atoms with E-state index in [4.69, 9.17) is 9.72 Å². The first-order valence-corrected chi connectivity index (χ1v) is 10.3. The van der Waals surface area contributed by atoms with Crippen molar-refractivity contribution < 1.29 is 9.53 Å². The minimum absolute atomic E-state index is 0. The van der Waals surface area contributed by atoms with Crippen LogP contribution in [0.3, 0.4) is 0 Å². The summed E-state index contributed by atoms with van der Waals surface area (Å²) in [6.45, 7) is 9.39. The summed E-state index contributed by atoms with van der Waals surface area (Å²) >= 11 is 1.50. The molecule has 0 aliphatic heterocycles. The third-order valence-electron chi connectivity index (χ3n) is 4.81. The average molecular weight is 438 g/mol. The molecule has 0 saturated heterocycles. The van der Waals surface area contributed by atoms with E-state index in [9.17, 15) is 4.79 Å². The number of amides is 1. The van der Waals surface area contributed by atoms with E-state index in [0.29, 0.717) is 17.4 Å². The molecule has 0 spiro atoms. The number of carbonyl (C=O) groups is 1. The van der Waals surface area contributed by atoms with Crippen molar-refractivity contribution in [3.63, 3.8) is 0 Å². The molecular weight excluding hydrogens is 410 g/mol. The number of ether oxygens (including phenoxy) is 1. The van der Waals surface area contributed by atoms with Crippen LogP contribution < -0.4 is 9.64 Å². The number of benzene rings is 1. The van der Waals surface area contributed by atoms with Gasteiger partial charge in [-0.2, -0.15) is 5.10 Å². The number of hydrogen-bond donors (Lipinski definition) is 0. The molecule has 3 rings (SSSR count). The number of methoxy groups -OCH3 is 1. The molecule has 0 N–H and O–H groups in total. The van der Waals surface area contributed by atoms with Gasteiger partial charge in [0.05, 0.1) is 17.3 Å². The van der Waals surface area contributed by atoms with Crippen LogP contribution in [0.1, 0.15) is 29.9 Å². The number of likely N-dealkylation sites (N-methyl/N-ethyl adjacent to an activating group) is 1. The lowest BCUT2D eigenvalue weighted by atomic mass is 10.2. The largest absolute Gasteiger partial charge is 0.497 e. The molecule has 0 fully saturated rings. The zero-order valence-electron chi connectivity index (χ0n) is 17.5. The molecule has 0 unspecified atom stereocenters. The fraction of sp³-hybridized carbons (Fsp3) is 0.450. The van der Waals surface area contributed by atoms with Crippen molar-refractivity contribution in [3.05, 3.63) is 35.7 Å². The topological polar surface area (TPSA) is 63.5 Å². The third kappa shape index (κ3) is 5.07. The summed E-state index contributed by atoms with van der Waals surface area (Å²) in [6, 6.07) is 5.76. The lowest BCUT2D eigenvalue weighted by Gasteiger charge is -2.24. The van der Waals surface area contributed by atoms with Crippen molar-refractivity contribution in [2.75, 3.05) is 38.2 Å². The number of halogens is 1. The maximum absolute atomic E-state index is 13.3. The van der Waals surface area contributed by atoms with Gasteiger partial charge < -0.3 is 9.64 Å². The van der Waals surface area contributed by atoms with Gasteiger partial charge in [-0.3, -0.25) is 14.4 Å². The smallest absolute Gasteiger partial charge is 0.280 e. The first kappa shape index (κ1) is 23.1. The summed E-state index contributed by atoms with van der Waals surface area (Å²) in [5.74, 6) is 0.667. The second kappa shape index (κ2) is 10.0. The van der Waals surface area contributed by atoms with E-state index in [1.54, 1.807) is 16.7 Å². The van der Waals surface area contributed by atoms with E-state index in [1.807, 2.05) is 38.4 Å². The minimum Gasteiger partial charge on any atom is -0.497 e. The number of fused-ring (bicyclic) bond motifs is 1. The van der Waals surface area contributed by atoms with Gasteiger partial charge in [0.2, 0.25) is 0 Å². The predicted molar refractivity (Wildman–Crippen MR) is 121 cm³/mol. The molecule has 3 aromatic rings. The van der Waals surface area contributed by atoms with E-state index in [2.05, 4.69) is 23.8 Å². The molecule has 2 aromatic heterocycles. The van der Waals surface area contributed by atoms with Crippen LogP contribution in [0.4, 0.5) is 5.13 Å². The number of carbonyl (C=O) groups excluding carboxylic acids is 1. The van der Waals surface area contributed by atoms with E-state index in [0.717, 1.165) is 41.2 Å². The molecule has 0 aliphatic carbocycles. The Kier molecular flexibility index (Phi) is 8.01. The summed E-state index contributed by atoms with van der Waals surface area (Å²) in [5, 5.41) is 5.06. The number of rotatable bonds is 8. The molecule has 7 nitrogen and oxygen atoms in total. The van der Waals surface area contributed by atoms with Gasteiger partial charge in [0.1, 0.15) is 5.75 Å². The molecule has 1 aromatic carbocycles. The van der Waals surface area contributed by atoms with Gasteiger partial charge in [-0.05, 0) is 38.2 Å². The van der Waals surface area contributed by atoms with Crippen LogP contribution in [0.5, 0.6) is 5.75 Å². The Bertz CT molecular complexity index is 967. The molecule has 0 saturated carbocycles. The standard InChI is InChI=1S/C20H27N5O2S.ClH/c1-6-24(7-2)10-11-25(19(26)18-14(3)13-23(4)22-18)20-21-16-9-8-15(27-5)12-17(16)28-20;/h8-9,12-13H,6-7,10-11H2,1-5H3;1H. The van der Waals surface area contributed by atoms with Crippen LogP contribution in [-0.4, -0.2) is 58.9 Å². The SMILES string of the molecule is CCN(CC)CCN(C(=O)c1nn(C)cc1C)c1nc2ccc(OC)cc2s1.Cl. The van der Waals surface area contributed by atoms with Crippen molar-refractivity contribution in [2.24, 2.45) is 7.05 Å². The number of anilines is 1. The van der Waals surface area contributed by atoms with Crippen molar-refractivity contribution in [3.8, 4) is 5.75 Å². The van der Waals surface area contributed by atoms with E-state index in [1.165, 1.54) is 11.3 Å². The quantitative estimate of drug-likeness (QED) is 0.537. The normalized spacial score (nSPS) is 11.0. The highest BCUT2D eigenvalue weighted by molar-refractivity contribution is 7.22. The fourth-order valence-corrected chi connectivity index (χ4v) is 4.17. The van der Waals surface area contributed by atoms with Crippen molar-refractivity contribution >= 4 is 45.0 Å². The highest BCUT2D eigenvalue weighted by atomic mass is 35.5. The highest BCUT2D eigenvalue weighted by Crippen LogP contribution is 2.32. The number of aryl methyl sites for hydroxylation is 2. The maximum atomic E-state index is 13.3. The summed E-state index contributed by atoms with van der Waals surface area (Å²) in [6.07, 6.45) is 1.86.